The number of fused-ring (bicyclic) bond motifs is 2. The van der Waals surface area contributed by atoms with Crippen molar-refractivity contribution in [3.63, 3.8) is 0 Å². The van der Waals surface area contributed by atoms with Gasteiger partial charge >= 0.3 is 0 Å². The minimum Gasteiger partial charge on any atom is -0.385 e. The first-order valence-electron chi connectivity index (χ1n) is 14.8. The number of piperidine rings is 1. The number of benzene rings is 2. The van der Waals surface area contributed by atoms with Crippen LogP contribution >= 0.6 is 0 Å². The Hall–Kier alpha value is -4.60. The molecule has 4 heterocycles. The van der Waals surface area contributed by atoms with Crippen LogP contribution in [0.3, 0.4) is 0 Å². The van der Waals surface area contributed by atoms with Crippen molar-refractivity contribution in [2.45, 2.75) is 63.1 Å². The minimum atomic E-state index is -0.595. The number of nitrogens with zero attached hydrogens (tertiary/aromatic N) is 5. The number of amides is 3. The molecule has 2 saturated carbocycles. The normalized spacial score (nSPS) is 23.6. The predicted octanol–water partition coefficient (Wildman–Crippen LogP) is 4.19. The minimum absolute atomic E-state index is 0.149. The molecule has 2 aliphatic carbocycles. The smallest absolute Gasteiger partial charge is 0.255 e. The molecule has 212 valence electrons. The largest absolute Gasteiger partial charge is 0.385 e. The Balaban J connectivity index is 0.910. The summed E-state index contributed by atoms with van der Waals surface area (Å²) in [6.07, 6.45) is 9.09. The zero-order chi connectivity index (χ0) is 28.4. The Morgan fingerprint density at radius 1 is 0.976 bits per heavy atom. The molecule has 1 saturated heterocycles. The Kier molecular flexibility index (Phi) is 5.84. The van der Waals surface area contributed by atoms with Crippen molar-refractivity contribution in [1.29, 1.82) is 0 Å². The van der Waals surface area contributed by atoms with Gasteiger partial charge in [0.1, 0.15) is 6.04 Å². The van der Waals surface area contributed by atoms with E-state index in [1.807, 2.05) is 48.7 Å². The predicted molar refractivity (Wildman–Crippen MR) is 155 cm³/mol. The molecule has 1 unspecified atom stereocenters. The number of carbonyl (C=O) groups excluding carboxylic acids is 3. The Labute approximate surface area is 242 Å². The van der Waals surface area contributed by atoms with Gasteiger partial charge in [0, 0.05) is 48.4 Å². The highest BCUT2D eigenvalue weighted by molar-refractivity contribution is 6.05. The van der Waals surface area contributed by atoms with Gasteiger partial charge in [0.25, 0.3) is 5.91 Å². The highest BCUT2D eigenvalue weighted by Crippen LogP contribution is 2.45. The maximum Gasteiger partial charge on any atom is 0.255 e. The summed E-state index contributed by atoms with van der Waals surface area (Å²) >= 11 is 0. The van der Waals surface area contributed by atoms with Crippen LogP contribution in [0.1, 0.15) is 72.1 Å². The molecule has 2 aromatic heterocycles. The van der Waals surface area contributed by atoms with Crippen molar-refractivity contribution in [3.05, 3.63) is 71.7 Å². The van der Waals surface area contributed by atoms with Crippen molar-refractivity contribution in [2.75, 3.05) is 11.9 Å². The lowest BCUT2D eigenvalue weighted by molar-refractivity contribution is -0.136. The molecule has 10 nitrogen and oxygen atoms in total. The van der Waals surface area contributed by atoms with E-state index < -0.39 is 6.04 Å². The Morgan fingerprint density at radius 3 is 2.62 bits per heavy atom. The molecule has 1 atom stereocenters. The maximum atomic E-state index is 13.1. The molecule has 4 aliphatic rings. The van der Waals surface area contributed by atoms with E-state index in [0.29, 0.717) is 36.4 Å². The number of imide groups is 1. The molecule has 2 aliphatic heterocycles. The third-order valence-electron chi connectivity index (χ3n) is 9.16. The van der Waals surface area contributed by atoms with E-state index in [4.69, 9.17) is 10.1 Å². The van der Waals surface area contributed by atoms with Crippen LogP contribution in [0, 0.1) is 5.92 Å². The quantitative estimate of drug-likeness (QED) is 0.325. The molecule has 8 rings (SSSR count). The second-order valence-electron chi connectivity index (χ2n) is 12.1. The van der Waals surface area contributed by atoms with Gasteiger partial charge in [-0.25, -0.2) is 4.98 Å². The molecule has 10 heteroatoms. The Morgan fingerprint density at radius 2 is 1.81 bits per heavy atom. The van der Waals surface area contributed by atoms with E-state index in [0.717, 1.165) is 58.6 Å². The number of carbonyl (C=O) groups is 3. The summed E-state index contributed by atoms with van der Waals surface area (Å²) in [7, 11) is 0. The molecule has 2 aromatic carbocycles. The topological polar surface area (TPSA) is 122 Å². The molecule has 42 heavy (non-hydrogen) atoms. The third kappa shape index (κ3) is 4.42. The van der Waals surface area contributed by atoms with Gasteiger partial charge in [0.05, 0.1) is 34.7 Å². The van der Waals surface area contributed by atoms with Crippen LogP contribution < -0.4 is 10.6 Å². The van der Waals surface area contributed by atoms with E-state index in [-0.39, 0.29) is 24.1 Å². The number of para-hydroxylation sites is 2. The van der Waals surface area contributed by atoms with E-state index in [1.165, 1.54) is 12.8 Å². The van der Waals surface area contributed by atoms with Crippen molar-refractivity contribution in [3.8, 4) is 11.3 Å². The summed E-state index contributed by atoms with van der Waals surface area (Å²) in [5.41, 5.74) is 7.39. The molecule has 4 aromatic rings. The van der Waals surface area contributed by atoms with Crippen LogP contribution in [0.15, 0.2) is 54.9 Å². The van der Waals surface area contributed by atoms with Gasteiger partial charge in [0.15, 0.2) is 0 Å². The molecule has 0 bridgehead atoms. The zero-order valence-corrected chi connectivity index (χ0v) is 23.1. The lowest BCUT2D eigenvalue weighted by Gasteiger charge is -2.35. The summed E-state index contributed by atoms with van der Waals surface area (Å²) in [5, 5.41) is 10.9. The molecular formula is C32H31N7O3. The fourth-order valence-corrected chi connectivity index (χ4v) is 6.55. The average molecular weight is 562 g/mol. The van der Waals surface area contributed by atoms with E-state index in [9.17, 15) is 14.4 Å². The van der Waals surface area contributed by atoms with E-state index >= 15 is 0 Å². The molecule has 3 amide bonds. The lowest BCUT2D eigenvalue weighted by atomic mass is 9.80. The van der Waals surface area contributed by atoms with Crippen molar-refractivity contribution in [2.24, 2.45) is 5.92 Å². The second kappa shape index (κ2) is 9.75. The standard InChI is InChI=1S/C32H31N7O3/c40-29-10-9-28(31(41)36-29)38-16-20-7-8-21(13-23(20)32(38)42)33-14-18-11-22(12-18)39-17-24(30(37-39)19-5-6-19)27-15-34-25-3-1-2-4-26(25)35-27/h1-4,7-8,13,15,17-19,22,28,33H,5-6,9-12,14,16H2,(H,36,40,41). The number of nitrogens with one attached hydrogen (secondary N) is 2. The van der Waals surface area contributed by atoms with Crippen LogP contribution in [0.2, 0.25) is 0 Å². The summed E-state index contributed by atoms with van der Waals surface area (Å²) in [5.74, 6) is 0.213. The SMILES string of the molecule is O=C1CCC(N2Cc3ccc(NCC4CC(n5cc(-c6cnc7ccccc7n6)c(C6CC6)n5)C4)cc3C2=O)C(=O)N1. The van der Waals surface area contributed by atoms with Gasteiger partial charge in [-0.3, -0.25) is 29.4 Å². The first kappa shape index (κ1) is 25.1. The molecule has 3 fully saturated rings. The van der Waals surface area contributed by atoms with Crippen LogP contribution in [0.25, 0.3) is 22.3 Å². The molecule has 0 spiro atoms. The maximum absolute atomic E-state index is 13.1. The van der Waals surface area contributed by atoms with Gasteiger partial charge in [-0.15, -0.1) is 0 Å². The number of hydrogen-bond donors (Lipinski definition) is 2. The number of rotatable bonds is 7. The first-order chi connectivity index (χ1) is 20.5. The fraction of sp³-hybridized carbons (Fsp3) is 0.375. The highest BCUT2D eigenvalue weighted by Gasteiger charge is 2.39. The van der Waals surface area contributed by atoms with Crippen LogP contribution in [-0.2, 0) is 16.1 Å². The highest BCUT2D eigenvalue weighted by atomic mass is 16.2. The van der Waals surface area contributed by atoms with E-state index in [2.05, 4.69) is 26.5 Å². The monoisotopic (exact) mass is 561 g/mol. The van der Waals surface area contributed by atoms with Gasteiger partial charge in [-0.2, -0.15) is 5.10 Å². The van der Waals surface area contributed by atoms with Crippen LogP contribution in [-0.4, -0.2) is 55.0 Å². The summed E-state index contributed by atoms with van der Waals surface area (Å²) in [4.78, 5) is 48.1. The number of aromatic nitrogens is 4. The summed E-state index contributed by atoms with van der Waals surface area (Å²) < 4.78 is 2.15. The van der Waals surface area contributed by atoms with Gasteiger partial charge < -0.3 is 10.2 Å². The fourth-order valence-electron chi connectivity index (χ4n) is 6.55. The second-order valence-corrected chi connectivity index (χ2v) is 12.1. The number of hydrogen-bond acceptors (Lipinski definition) is 7. The van der Waals surface area contributed by atoms with Crippen LogP contribution in [0.4, 0.5) is 5.69 Å². The van der Waals surface area contributed by atoms with Crippen molar-refractivity contribution < 1.29 is 14.4 Å². The average Bonchev–Trinajstić information content (AvgIpc) is 3.65. The summed E-state index contributed by atoms with van der Waals surface area (Å²) in [6.45, 7) is 1.21. The summed E-state index contributed by atoms with van der Waals surface area (Å²) in [6, 6.07) is 13.6. The Bertz CT molecular complexity index is 1750. The first-order valence-corrected chi connectivity index (χ1v) is 14.8. The van der Waals surface area contributed by atoms with Gasteiger partial charge in [-0.1, -0.05) is 18.2 Å². The number of anilines is 1. The van der Waals surface area contributed by atoms with Gasteiger partial charge in [-0.05, 0) is 67.9 Å². The van der Waals surface area contributed by atoms with Crippen molar-refractivity contribution >= 4 is 34.4 Å². The molecule has 0 radical (unpaired) electrons. The zero-order valence-electron chi connectivity index (χ0n) is 23.1. The van der Waals surface area contributed by atoms with E-state index in [1.54, 1.807) is 4.90 Å². The lowest BCUT2D eigenvalue weighted by Crippen LogP contribution is -2.52. The molecular weight excluding hydrogens is 530 g/mol. The molecule has 2 N–H and O–H groups in total. The van der Waals surface area contributed by atoms with Gasteiger partial charge in [0.2, 0.25) is 11.8 Å². The third-order valence-corrected chi connectivity index (χ3v) is 9.16. The van der Waals surface area contributed by atoms with Crippen molar-refractivity contribution in [1.82, 2.24) is 30.0 Å². The van der Waals surface area contributed by atoms with Crippen LogP contribution in [0.5, 0.6) is 0 Å².